The van der Waals surface area contributed by atoms with Crippen LogP contribution in [-0.4, -0.2) is 40.7 Å². The van der Waals surface area contributed by atoms with Crippen molar-refractivity contribution in [3.8, 4) is 0 Å². The number of imidazole rings is 1. The zero-order chi connectivity index (χ0) is 24.3. The van der Waals surface area contributed by atoms with Gasteiger partial charge in [-0.2, -0.15) is 4.98 Å². The summed E-state index contributed by atoms with van der Waals surface area (Å²) in [7, 11) is 0. The second-order valence-electron chi connectivity index (χ2n) is 9.26. The van der Waals surface area contributed by atoms with Crippen LogP contribution in [0, 0.1) is 23.5 Å². The van der Waals surface area contributed by atoms with E-state index in [2.05, 4.69) is 15.3 Å². The molecule has 0 spiro atoms. The van der Waals surface area contributed by atoms with Crippen molar-refractivity contribution in [1.29, 1.82) is 0 Å². The lowest BCUT2D eigenvalue weighted by Crippen LogP contribution is -2.23. The summed E-state index contributed by atoms with van der Waals surface area (Å²) in [4.78, 5) is 10.8. The zero-order valence-corrected chi connectivity index (χ0v) is 18.9. The number of nitrogens with one attached hydrogen (secondary N) is 1. The van der Waals surface area contributed by atoms with Crippen LogP contribution < -0.4 is 10.2 Å². The van der Waals surface area contributed by atoms with E-state index in [1.165, 1.54) is 18.2 Å². The van der Waals surface area contributed by atoms with Crippen LogP contribution in [0.3, 0.4) is 0 Å². The summed E-state index contributed by atoms with van der Waals surface area (Å²) < 4.78 is 63.8. The number of aromatic nitrogens is 3. The Morgan fingerprint density at radius 2 is 1.83 bits per heavy atom. The fraction of sp³-hybridized carbons (Fsp3) is 0.360. The number of benzene rings is 2. The molecule has 2 aliphatic rings. The second-order valence-corrected chi connectivity index (χ2v) is 9.26. The lowest BCUT2D eigenvalue weighted by molar-refractivity contribution is 0.146. The third-order valence-electron chi connectivity index (χ3n) is 7.11. The molecule has 4 aromatic rings. The Morgan fingerprint density at radius 3 is 2.57 bits per heavy atom. The van der Waals surface area contributed by atoms with Crippen LogP contribution in [0.25, 0.3) is 16.7 Å². The SMILES string of the molecule is CC(Nc1nc2nccn2c2cc(F)c(N3CC4COCC4C3)cc12)c1cccc(C(F)F)c1F. The number of hydrogen-bond donors (Lipinski definition) is 1. The van der Waals surface area contributed by atoms with Crippen LogP contribution >= 0.6 is 0 Å². The van der Waals surface area contributed by atoms with Gasteiger partial charge in [0.15, 0.2) is 0 Å². The standard InChI is InChI=1S/C25H23F4N5O/c1-13(16-3-2-4-17(22(16)27)23(28)29)31-24-18-7-21(33-9-14-11-35-12-15(14)10-33)19(26)8-20(18)34-6-5-30-25(34)32-24/h2-8,13-15,23H,9-12H2,1H3,(H,30,31,32). The van der Waals surface area contributed by atoms with Gasteiger partial charge in [-0.05, 0) is 13.0 Å². The third-order valence-corrected chi connectivity index (χ3v) is 7.11. The van der Waals surface area contributed by atoms with Gasteiger partial charge in [0.1, 0.15) is 17.5 Å². The van der Waals surface area contributed by atoms with Gasteiger partial charge in [-0.3, -0.25) is 4.40 Å². The molecule has 0 amide bonds. The Kier molecular flexibility index (Phi) is 5.28. The molecule has 6 nitrogen and oxygen atoms in total. The maximum absolute atomic E-state index is 15.3. The van der Waals surface area contributed by atoms with Crippen LogP contribution in [0.4, 0.5) is 29.1 Å². The summed E-state index contributed by atoms with van der Waals surface area (Å²) in [6.45, 7) is 4.45. The van der Waals surface area contributed by atoms with Crippen molar-refractivity contribution in [3.63, 3.8) is 0 Å². The highest BCUT2D eigenvalue weighted by Crippen LogP contribution is 2.37. The molecule has 0 saturated carbocycles. The molecule has 0 aliphatic carbocycles. The summed E-state index contributed by atoms with van der Waals surface area (Å²) in [5.41, 5.74) is 0.462. The predicted octanol–water partition coefficient (Wildman–Crippen LogP) is 5.35. The largest absolute Gasteiger partial charge is 0.381 e. The van der Waals surface area contributed by atoms with Gasteiger partial charge in [0.2, 0.25) is 5.78 Å². The molecular formula is C25H23F4N5O. The Morgan fingerprint density at radius 1 is 1.09 bits per heavy atom. The summed E-state index contributed by atoms with van der Waals surface area (Å²) in [6.07, 6.45) is 0.340. The van der Waals surface area contributed by atoms with Gasteiger partial charge in [0, 0.05) is 54.3 Å². The van der Waals surface area contributed by atoms with E-state index in [0.717, 1.165) is 6.07 Å². The van der Waals surface area contributed by atoms with E-state index in [0.29, 0.717) is 66.3 Å². The van der Waals surface area contributed by atoms with Crippen LogP contribution in [0.1, 0.15) is 30.5 Å². The minimum atomic E-state index is -2.92. The molecule has 2 aliphatic heterocycles. The van der Waals surface area contributed by atoms with Crippen molar-refractivity contribution in [2.75, 3.05) is 36.5 Å². The minimum absolute atomic E-state index is 0.0932. The minimum Gasteiger partial charge on any atom is -0.381 e. The lowest BCUT2D eigenvalue weighted by atomic mass is 10.0. The van der Waals surface area contributed by atoms with Crippen LogP contribution in [0.5, 0.6) is 0 Å². The van der Waals surface area contributed by atoms with Gasteiger partial charge in [-0.15, -0.1) is 0 Å². The summed E-state index contributed by atoms with van der Waals surface area (Å²) >= 11 is 0. The molecule has 2 saturated heterocycles. The van der Waals surface area contributed by atoms with E-state index in [1.54, 1.807) is 29.8 Å². The highest BCUT2D eigenvalue weighted by Gasteiger charge is 2.38. The molecule has 4 heterocycles. The molecule has 2 fully saturated rings. The molecule has 182 valence electrons. The summed E-state index contributed by atoms with van der Waals surface area (Å²) in [5.74, 6) is 0.163. The summed E-state index contributed by atoms with van der Waals surface area (Å²) in [5, 5.41) is 3.78. The Balaban J connectivity index is 1.43. The normalized spacial score (nSPS) is 20.8. The molecule has 0 radical (unpaired) electrons. The van der Waals surface area contributed by atoms with Crippen molar-refractivity contribution >= 4 is 28.2 Å². The maximum Gasteiger partial charge on any atom is 0.266 e. The molecule has 10 heteroatoms. The number of halogens is 4. The highest BCUT2D eigenvalue weighted by atomic mass is 19.3. The quantitative estimate of drug-likeness (QED) is 0.386. The molecule has 6 rings (SSSR count). The van der Waals surface area contributed by atoms with Gasteiger partial charge in [-0.25, -0.2) is 22.5 Å². The van der Waals surface area contributed by atoms with Gasteiger partial charge < -0.3 is 15.0 Å². The van der Waals surface area contributed by atoms with Crippen LogP contribution in [0.2, 0.25) is 0 Å². The first-order valence-corrected chi connectivity index (χ1v) is 11.5. The molecule has 0 bridgehead atoms. The molecule has 2 aromatic heterocycles. The van der Waals surface area contributed by atoms with Gasteiger partial charge in [0.05, 0.1) is 36.0 Å². The predicted molar refractivity (Wildman–Crippen MR) is 124 cm³/mol. The number of nitrogens with zero attached hydrogens (tertiary/aromatic N) is 4. The monoisotopic (exact) mass is 485 g/mol. The smallest absolute Gasteiger partial charge is 0.266 e. The van der Waals surface area contributed by atoms with Crippen molar-refractivity contribution in [1.82, 2.24) is 14.4 Å². The molecule has 3 atom stereocenters. The summed E-state index contributed by atoms with van der Waals surface area (Å²) in [6, 6.07) is 6.47. The molecule has 3 unspecified atom stereocenters. The van der Waals surface area contributed by atoms with Gasteiger partial charge in [-0.1, -0.05) is 18.2 Å². The van der Waals surface area contributed by atoms with Crippen molar-refractivity contribution in [2.24, 2.45) is 11.8 Å². The van der Waals surface area contributed by atoms with Crippen LogP contribution in [-0.2, 0) is 4.74 Å². The van der Waals surface area contributed by atoms with E-state index in [9.17, 15) is 13.2 Å². The van der Waals surface area contributed by atoms with E-state index >= 15 is 4.39 Å². The van der Waals surface area contributed by atoms with Crippen molar-refractivity contribution in [2.45, 2.75) is 19.4 Å². The van der Waals surface area contributed by atoms with Gasteiger partial charge in [0.25, 0.3) is 6.43 Å². The van der Waals surface area contributed by atoms with E-state index < -0.39 is 23.8 Å². The molecule has 1 N–H and O–H groups in total. The maximum atomic E-state index is 15.3. The first kappa shape index (κ1) is 22.1. The fourth-order valence-corrected chi connectivity index (χ4v) is 5.26. The van der Waals surface area contributed by atoms with Crippen molar-refractivity contribution < 1.29 is 22.3 Å². The number of hydrogen-bond acceptors (Lipinski definition) is 5. The van der Waals surface area contributed by atoms with E-state index in [1.807, 2.05) is 4.90 Å². The molecule has 2 aromatic carbocycles. The Bertz CT molecular complexity index is 1410. The van der Waals surface area contributed by atoms with Crippen molar-refractivity contribution in [3.05, 3.63) is 65.5 Å². The highest BCUT2D eigenvalue weighted by molar-refractivity contribution is 5.94. The first-order valence-electron chi connectivity index (χ1n) is 11.5. The molecule has 35 heavy (non-hydrogen) atoms. The molecular weight excluding hydrogens is 462 g/mol. The average Bonchev–Trinajstić information content (AvgIpc) is 3.55. The second kappa shape index (κ2) is 8.37. The fourth-order valence-electron chi connectivity index (χ4n) is 5.26. The van der Waals surface area contributed by atoms with Gasteiger partial charge >= 0.3 is 0 Å². The Hall–Kier alpha value is -3.40. The van der Waals surface area contributed by atoms with E-state index in [-0.39, 0.29) is 11.4 Å². The number of rotatable bonds is 5. The average molecular weight is 485 g/mol. The van der Waals surface area contributed by atoms with Crippen LogP contribution in [0.15, 0.2) is 42.7 Å². The number of fused-ring (bicyclic) bond motifs is 4. The first-order chi connectivity index (χ1) is 16.9. The lowest BCUT2D eigenvalue weighted by Gasteiger charge is -2.23. The zero-order valence-electron chi connectivity index (χ0n) is 18.9. The Labute approximate surface area is 198 Å². The third kappa shape index (κ3) is 3.67. The number of anilines is 2. The number of alkyl halides is 2. The van der Waals surface area contributed by atoms with E-state index in [4.69, 9.17) is 4.74 Å². The topological polar surface area (TPSA) is 54.7 Å². The number of ether oxygens (including phenoxy) is 1.